The Morgan fingerprint density at radius 3 is 2.16 bits per heavy atom. The number of aliphatic hydroxyl groups is 1. The van der Waals surface area contributed by atoms with E-state index in [1.165, 1.54) is 5.32 Å². The monoisotopic (exact) mass is 295 g/mol. The molecule has 10 heteroatoms. The molecular weight excluding hydrogens is 284 g/mol. The number of rotatable bonds is 3. The summed E-state index contributed by atoms with van der Waals surface area (Å²) in [4.78, 5) is 11.0. The molecule has 1 atom stereocenters. The molecule has 0 aliphatic carbocycles. The Morgan fingerprint density at radius 2 is 1.79 bits per heavy atom. The first-order chi connectivity index (χ1) is 8.46. The molecule has 0 bridgehead atoms. The second kappa shape index (κ2) is 5.16. The van der Waals surface area contributed by atoms with Gasteiger partial charge in [-0.2, -0.15) is 26.3 Å². The van der Waals surface area contributed by atoms with Gasteiger partial charge in [-0.3, -0.25) is 4.79 Å². The molecule has 0 radical (unpaired) electrons. The predicted octanol–water partition coefficient (Wildman–Crippen LogP) is 0.995. The quantitative estimate of drug-likeness (QED) is 0.764. The van der Waals surface area contributed by atoms with Crippen molar-refractivity contribution in [2.75, 3.05) is 19.8 Å². The Bertz CT molecular complexity index is 320. The van der Waals surface area contributed by atoms with E-state index >= 15 is 0 Å². The summed E-state index contributed by atoms with van der Waals surface area (Å²) in [6.45, 7) is -0.862. The van der Waals surface area contributed by atoms with Crippen molar-refractivity contribution >= 4 is 5.91 Å². The van der Waals surface area contributed by atoms with Crippen molar-refractivity contribution in [1.82, 2.24) is 5.32 Å². The van der Waals surface area contributed by atoms with E-state index in [2.05, 4.69) is 0 Å². The molecule has 112 valence electrons. The fourth-order valence-electron chi connectivity index (χ4n) is 1.57. The van der Waals surface area contributed by atoms with Crippen LogP contribution in [-0.4, -0.2) is 48.7 Å². The molecule has 1 heterocycles. The molecule has 0 aromatic rings. The van der Waals surface area contributed by atoms with Crippen LogP contribution in [0.4, 0.5) is 26.3 Å². The average Bonchev–Trinajstić information content (AvgIpc) is 2.58. The zero-order valence-electron chi connectivity index (χ0n) is 9.44. The molecular formula is C9H11F6NO3. The maximum Gasteiger partial charge on any atom is 0.409 e. The maximum atomic E-state index is 12.2. The fraction of sp³-hybridized carbons (Fsp3) is 0.889. The molecule has 0 saturated carbocycles. The minimum absolute atomic E-state index is 0.0238. The normalized spacial score (nSPS) is 24.8. The largest absolute Gasteiger partial charge is 0.409 e. The van der Waals surface area contributed by atoms with Crippen molar-refractivity contribution in [3.63, 3.8) is 0 Å². The van der Waals surface area contributed by atoms with Crippen LogP contribution < -0.4 is 5.32 Å². The molecule has 1 amide bonds. The van der Waals surface area contributed by atoms with Crippen LogP contribution in [0.3, 0.4) is 0 Å². The van der Waals surface area contributed by atoms with Gasteiger partial charge in [-0.15, -0.1) is 0 Å². The summed E-state index contributed by atoms with van der Waals surface area (Å²) in [6.07, 6.45) is -11.5. The first-order valence-corrected chi connectivity index (χ1v) is 5.17. The molecule has 1 rings (SSSR count). The van der Waals surface area contributed by atoms with Gasteiger partial charge in [0.25, 0.3) is 0 Å². The molecule has 1 unspecified atom stereocenters. The van der Waals surface area contributed by atoms with Crippen molar-refractivity contribution in [3.05, 3.63) is 0 Å². The number of hydrogen-bond donors (Lipinski definition) is 2. The Kier molecular flexibility index (Phi) is 4.35. The lowest BCUT2D eigenvalue weighted by atomic mass is 10.0. The number of hydrogen-bond acceptors (Lipinski definition) is 3. The van der Waals surface area contributed by atoms with E-state index < -0.39 is 36.3 Å². The number of halogens is 6. The lowest BCUT2D eigenvalue weighted by Gasteiger charge is -2.25. The van der Waals surface area contributed by atoms with Crippen molar-refractivity contribution in [2.45, 2.75) is 24.4 Å². The molecule has 4 nitrogen and oxygen atoms in total. The Balaban J connectivity index is 2.68. The Labute approximate surface area is 103 Å². The van der Waals surface area contributed by atoms with Gasteiger partial charge in [0.2, 0.25) is 11.8 Å². The van der Waals surface area contributed by atoms with Crippen LogP contribution in [0.15, 0.2) is 0 Å². The van der Waals surface area contributed by atoms with Gasteiger partial charge in [-0.1, -0.05) is 0 Å². The van der Waals surface area contributed by atoms with Crippen LogP contribution in [0.1, 0.15) is 6.42 Å². The van der Waals surface area contributed by atoms with Crippen LogP contribution in [0.2, 0.25) is 0 Å². The van der Waals surface area contributed by atoms with Gasteiger partial charge in [0.15, 0.2) is 0 Å². The summed E-state index contributed by atoms with van der Waals surface area (Å²) in [5.41, 5.74) is -1.63. The number of ether oxygens (including phenoxy) is 1. The van der Waals surface area contributed by atoms with Gasteiger partial charge in [0.05, 0.1) is 6.61 Å². The van der Waals surface area contributed by atoms with Crippen molar-refractivity contribution in [2.24, 2.45) is 5.92 Å². The number of carbonyl (C=O) groups excluding carboxylic acids is 1. The number of carbonyl (C=O) groups is 1. The Morgan fingerprint density at radius 1 is 1.26 bits per heavy atom. The van der Waals surface area contributed by atoms with E-state index in [0.717, 1.165) is 0 Å². The highest BCUT2D eigenvalue weighted by Gasteiger charge is 2.61. The molecule has 0 aromatic carbocycles. The number of alkyl halides is 6. The highest BCUT2D eigenvalue weighted by molar-refractivity contribution is 5.80. The zero-order chi connectivity index (χ0) is 14.9. The molecule has 2 N–H and O–H groups in total. The molecule has 0 aromatic heterocycles. The molecule has 1 saturated heterocycles. The second-order valence-electron chi connectivity index (χ2n) is 4.26. The van der Waals surface area contributed by atoms with Crippen molar-refractivity contribution < 1.29 is 41.0 Å². The van der Waals surface area contributed by atoms with Crippen LogP contribution >= 0.6 is 0 Å². The van der Waals surface area contributed by atoms with E-state index in [4.69, 9.17) is 4.74 Å². The third-order valence-electron chi connectivity index (χ3n) is 2.59. The van der Waals surface area contributed by atoms with Gasteiger partial charge in [0, 0.05) is 19.6 Å². The molecule has 1 aliphatic rings. The van der Waals surface area contributed by atoms with E-state index in [1.54, 1.807) is 0 Å². The third kappa shape index (κ3) is 4.23. The van der Waals surface area contributed by atoms with Gasteiger partial charge < -0.3 is 15.2 Å². The molecule has 19 heavy (non-hydrogen) atoms. The van der Waals surface area contributed by atoms with E-state index in [1.807, 2.05) is 0 Å². The number of nitrogens with one attached hydrogen (secondary N) is 1. The topological polar surface area (TPSA) is 58.6 Å². The smallest absolute Gasteiger partial charge is 0.386 e. The minimum atomic E-state index is -5.74. The third-order valence-corrected chi connectivity index (χ3v) is 2.59. The van der Waals surface area contributed by atoms with Crippen molar-refractivity contribution in [1.29, 1.82) is 0 Å². The van der Waals surface area contributed by atoms with Gasteiger partial charge in [-0.05, 0) is 0 Å². The van der Waals surface area contributed by atoms with E-state index in [0.29, 0.717) is 0 Å². The summed E-state index contributed by atoms with van der Waals surface area (Å²) < 4.78 is 77.9. The van der Waals surface area contributed by atoms with Gasteiger partial charge in [-0.25, -0.2) is 0 Å². The Hall–Kier alpha value is -1.03. The highest BCUT2D eigenvalue weighted by atomic mass is 19.4. The lowest BCUT2D eigenvalue weighted by Crippen LogP contribution is -2.52. The second-order valence-corrected chi connectivity index (χ2v) is 4.26. The van der Waals surface area contributed by atoms with Gasteiger partial charge in [0.1, 0.15) is 5.60 Å². The zero-order valence-corrected chi connectivity index (χ0v) is 9.44. The van der Waals surface area contributed by atoms with E-state index in [9.17, 15) is 36.2 Å². The predicted molar refractivity (Wildman–Crippen MR) is 49.0 cm³/mol. The molecule has 1 fully saturated rings. The fourth-order valence-corrected chi connectivity index (χ4v) is 1.57. The van der Waals surface area contributed by atoms with Crippen molar-refractivity contribution in [3.8, 4) is 0 Å². The summed E-state index contributed by atoms with van der Waals surface area (Å²) >= 11 is 0. The molecule has 1 aliphatic heterocycles. The molecule has 0 spiro atoms. The maximum absolute atomic E-state index is 12.2. The SMILES string of the molecule is O=C(NCC1(O)CCOC1)C(C(F)(F)F)C(F)(F)F. The average molecular weight is 295 g/mol. The summed E-state index contributed by atoms with van der Waals surface area (Å²) in [7, 11) is 0. The summed E-state index contributed by atoms with van der Waals surface area (Å²) in [6, 6.07) is 0. The number of amides is 1. The minimum Gasteiger partial charge on any atom is -0.386 e. The van der Waals surface area contributed by atoms with Crippen LogP contribution in [0.25, 0.3) is 0 Å². The highest BCUT2D eigenvalue weighted by Crippen LogP contribution is 2.39. The summed E-state index contributed by atoms with van der Waals surface area (Å²) in [5.74, 6) is -6.34. The standard InChI is InChI=1S/C9H11F6NO3/c10-8(11,12)5(9(13,14)15)6(17)16-3-7(18)1-2-19-4-7/h5,18H,1-4H2,(H,16,17). The van der Waals surface area contributed by atoms with Crippen LogP contribution in [-0.2, 0) is 9.53 Å². The first-order valence-electron chi connectivity index (χ1n) is 5.17. The van der Waals surface area contributed by atoms with E-state index in [-0.39, 0.29) is 19.6 Å². The summed E-state index contributed by atoms with van der Waals surface area (Å²) in [5, 5.41) is 11.1. The lowest BCUT2D eigenvalue weighted by molar-refractivity contribution is -0.274. The van der Waals surface area contributed by atoms with Gasteiger partial charge >= 0.3 is 12.4 Å². The first kappa shape index (κ1) is 16.0. The van der Waals surface area contributed by atoms with Crippen LogP contribution in [0, 0.1) is 5.92 Å². The van der Waals surface area contributed by atoms with Crippen LogP contribution in [0.5, 0.6) is 0 Å².